The monoisotopic (exact) mass is 303 g/mol. The highest BCUT2D eigenvalue weighted by atomic mass is 19.4. The van der Waals surface area contributed by atoms with Crippen molar-refractivity contribution in [2.45, 2.75) is 44.8 Å². The molecule has 0 saturated carbocycles. The number of carbonyl (C=O) groups is 1. The van der Waals surface area contributed by atoms with Crippen molar-refractivity contribution in [2.24, 2.45) is 5.92 Å². The fourth-order valence-corrected chi connectivity index (χ4v) is 2.86. The number of benzene rings is 1. The third-order valence-corrected chi connectivity index (χ3v) is 3.68. The molecular weight excluding hydrogens is 286 g/mol. The van der Waals surface area contributed by atoms with Crippen LogP contribution in [0.4, 0.5) is 17.6 Å². The third kappa shape index (κ3) is 3.54. The zero-order chi connectivity index (χ0) is 15.8. The molecule has 1 aromatic rings. The van der Waals surface area contributed by atoms with Gasteiger partial charge in [0.05, 0.1) is 5.56 Å². The maximum absolute atomic E-state index is 13.2. The lowest BCUT2D eigenvalue weighted by Gasteiger charge is -2.24. The number of nitrogens with one attached hydrogen (secondary N) is 1. The molecule has 2 rings (SSSR count). The number of rotatable bonds is 3. The molecule has 1 heterocycles. The van der Waals surface area contributed by atoms with E-state index in [1.165, 1.54) is 0 Å². The predicted octanol–water partition coefficient (Wildman–Crippen LogP) is 3.86. The molecule has 1 fully saturated rings. The van der Waals surface area contributed by atoms with E-state index in [0.717, 1.165) is 12.1 Å². The quantitative estimate of drug-likeness (QED) is 0.844. The molecule has 2 unspecified atom stereocenters. The number of amides is 1. The van der Waals surface area contributed by atoms with Crippen LogP contribution in [0.25, 0.3) is 0 Å². The molecule has 21 heavy (non-hydrogen) atoms. The summed E-state index contributed by atoms with van der Waals surface area (Å²) in [6, 6.07) is 2.32. The molecule has 0 bridgehead atoms. The van der Waals surface area contributed by atoms with Crippen molar-refractivity contribution in [2.75, 3.05) is 0 Å². The predicted molar refractivity (Wildman–Crippen MR) is 70.1 cm³/mol. The number of carbonyl (C=O) groups excluding carboxylic acids is 1. The van der Waals surface area contributed by atoms with Gasteiger partial charge >= 0.3 is 6.18 Å². The summed E-state index contributed by atoms with van der Waals surface area (Å²) >= 11 is 0. The first-order valence-electron chi connectivity index (χ1n) is 6.84. The number of hydrogen-bond acceptors (Lipinski definition) is 1. The van der Waals surface area contributed by atoms with Crippen LogP contribution in [0.2, 0.25) is 0 Å². The lowest BCUT2D eigenvalue weighted by atomic mass is 9.84. The Kier molecular flexibility index (Phi) is 4.25. The van der Waals surface area contributed by atoms with Crippen molar-refractivity contribution in [1.29, 1.82) is 0 Å². The van der Waals surface area contributed by atoms with Crippen molar-refractivity contribution in [1.82, 2.24) is 5.32 Å². The molecule has 1 saturated heterocycles. The lowest BCUT2D eigenvalue weighted by molar-refractivity contribution is -0.138. The summed E-state index contributed by atoms with van der Waals surface area (Å²) in [6.07, 6.45) is -4.04. The van der Waals surface area contributed by atoms with Crippen LogP contribution in [0.15, 0.2) is 18.2 Å². The Morgan fingerprint density at radius 2 is 2.00 bits per heavy atom. The van der Waals surface area contributed by atoms with E-state index in [-0.39, 0.29) is 29.9 Å². The van der Waals surface area contributed by atoms with E-state index in [2.05, 4.69) is 5.32 Å². The Balaban J connectivity index is 2.42. The highest BCUT2D eigenvalue weighted by Crippen LogP contribution is 2.40. The van der Waals surface area contributed by atoms with Gasteiger partial charge in [0.25, 0.3) is 0 Å². The van der Waals surface area contributed by atoms with E-state index < -0.39 is 23.5 Å². The maximum atomic E-state index is 13.2. The van der Waals surface area contributed by atoms with E-state index in [9.17, 15) is 22.4 Å². The molecule has 1 N–H and O–H groups in total. The maximum Gasteiger partial charge on any atom is 0.416 e. The van der Waals surface area contributed by atoms with Crippen molar-refractivity contribution in [3.05, 3.63) is 35.1 Å². The zero-order valence-electron chi connectivity index (χ0n) is 11.8. The van der Waals surface area contributed by atoms with Crippen molar-refractivity contribution < 1.29 is 22.4 Å². The summed E-state index contributed by atoms with van der Waals surface area (Å²) in [7, 11) is 0. The summed E-state index contributed by atoms with van der Waals surface area (Å²) in [5.74, 6) is -1.52. The molecule has 0 radical (unpaired) electrons. The van der Waals surface area contributed by atoms with Crippen LogP contribution in [0.5, 0.6) is 0 Å². The highest BCUT2D eigenvalue weighted by molar-refractivity contribution is 5.80. The first kappa shape index (κ1) is 15.8. The summed E-state index contributed by atoms with van der Waals surface area (Å²) in [4.78, 5) is 11.6. The molecule has 0 aliphatic carbocycles. The summed E-state index contributed by atoms with van der Waals surface area (Å²) in [5, 5.41) is 2.73. The Labute approximate surface area is 120 Å². The molecule has 0 aromatic heterocycles. The van der Waals surface area contributed by atoms with Crippen LogP contribution in [0, 0.1) is 11.7 Å². The summed E-state index contributed by atoms with van der Waals surface area (Å²) < 4.78 is 52.5. The first-order chi connectivity index (χ1) is 9.68. The highest BCUT2D eigenvalue weighted by Gasteiger charge is 2.41. The van der Waals surface area contributed by atoms with Crippen LogP contribution in [0.3, 0.4) is 0 Å². The van der Waals surface area contributed by atoms with Gasteiger partial charge in [0.15, 0.2) is 0 Å². The van der Waals surface area contributed by atoms with Gasteiger partial charge in [0.2, 0.25) is 5.91 Å². The summed E-state index contributed by atoms with van der Waals surface area (Å²) in [6.45, 7) is 3.88. The van der Waals surface area contributed by atoms with Gasteiger partial charge in [-0.15, -0.1) is 0 Å². The van der Waals surface area contributed by atoms with Crippen molar-refractivity contribution in [3.8, 4) is 0 Å². The van der Waals surface area contributed by atoms with Crippen LogP contribution in [0.1, 0.15) is 43.7 Å². The van der Waals surface area contributed by atoms with E-state index in [1.54, 1.807) is 0 Å². The summed E-state index contributed by atoms with van der Waals surface area (Å²) in [5.41, 5.74) is -0.995. The standard InChI is InChI=1S/C15H17F4NO/c1-8(2)5-13-11(7-14(21)20-13)10-4-3-9(16)6-12(10)15(17,18)19/h3-4,6,8,11,13H,5,7H2,1-2H3,(H,20,21). The number of alkyl halides is 3. The first-order valence-corrected chi connectivity index (χ1v) is 6.84. The smallest absolute Gasteiger partial charge is 0.353 e. The molecular formula is C15H17F4NO. The second-order valence-electron chi connectivity index (χ2n) is 5.84. The van der Waals surface area contributed by atoms with Crippen LogP contribution in [-0.2, 0) is 11.0 Å². The second kappa shape index (κ2) is 5.66. The van der Waals surface area contributed by atoms with Gasteiger partial charge in [-0.2, -0.15) is 13.2 Å². The van der Waals surface area contributed by atoms with Gasteiger partial charge in [-0.25, -0.2) is 4.39 Å². The van der Waals surface area contributed by atoms with Crippen molar-refractivity contribution in [3.63, 3.8) is 0 Å². The third-order valence-electron chi connectivity index (χ3n) is 3.68. The minimum absolute atomic E-state index is 0.00605. The Hall–Kier alpha value is -1.59. The zero-order valence-corrected chi connectivity index (χ0v) is 11.8. The van der Waals surface area contributed by atoms with Gasteiger partial charge in [-0.3, -0.25) is 4.79 Å². The average molecular weight is 303 g/mol. The van der Waals surface area contributed by atoms with Gasteiger partial charge in [-0.1, -0.05) is 19.9 Å². The molecule has 6 heteroatoms. The Morgan fingerprint density at radius 1 is 1.33 bits per heavy atom. The minimum Gasteiger partial charge on any atom is -0.353 e. The SMILES string of the molecule is CC(C)CC1NC(=O)CC1c1ccc(F)cc1C(F)(F)F. The second-order valence-corrected chi connectivity index (χ2v) is 5.84. The molecule has 1 amide bonds. The largest absolute Gasteiger partial charge is 0.416 e. The van der Waals surface area contributed by atoms with Crippen LogP contribution >= 0.6 is 0 Å². The van der Waals surface area contributed by atoms with Crippen molar-refractivity contribution >= 4 is 5.91 Å². The lowest BCUT2D eigenvalue weighted by Crippen LogP contribution is -2.30. The van der Waals surface area contributed by atoms with E-state index in [1.807, 2.05) is 13.8 Å². The van der Waals surface area contributed by atoms with Gasteiger partial charge in [0, 0.05) is 18.4 Å². The molecule has 2 nitrogen and oxygen atoms in total. The number of hydrogen-bond donors (Lipinski definition) is 1. The van der Waals surface area contributed by atoms with Gasteiger partial charge < -0.3 is 5.32 Å². The van der Waals surface area contributed by atoms with Gasteiger partial charge in [-0.05, 0) is 30.0 Å². The minimum atomic E-state index is -4.63. The molecule has 116 valence electrons. The Morgan fingerprint density at radius 3 is 2.57 bits per heavy atom. The molecule has 1 aromatic carbocycles. The van der Waals surface area contributed by atoms with Crippen LogP contribution < -0.4 is 5.32 Å². The van der Waals surface area contributed by atoms with E-state index in [0.29, 0.717) is 12.5 Å². The van der Waals surface area contributed by atoms with E-state index in [4.69, 9.17) is 0 Å². The molecule has 1 aliphatic heterocycles. The normalized spacial score (nSPS) is 22.7. The molecule has 2 atom stereocenters. The van der Waals surface area contributed by atoms with Crippen LogP contribution in [-0.4, -0.2) is 11.9 Å². The topological polar surface area (TPSA) is 29.1 Å². The number of halogens is 4. The van der Waals surface area contributed by atoms with E-state index >= 15 is 0 Å². The average Bonchev–Trinajstić information content (AvgIpc) is 2.68. The molecule has 0 spiro atoms. The molecule has 1 aliphatic rings. The fourth-order valence-electron chi connectivity index (χ4n) is 2.86. The fraction of sp³-hybridized carbons (Fsp3) is 0.533. The Bertz CT molecular complexity index is 539. The van der Waals surface area contributed by atoms with Gasteiger partial charge in [0.1, 0.15) is 5.82 Å².